The van der Waals surface area contributed by atoms with E-state index in [4.69, 9.17) is 26.2 Å². The fraction of sp³-hybridized carbons (Fsp3) is 0.259. The molecule has 1 atom stereocenters. The van der Waals surface area contributed by atoms with E-state index in [2.05, 4.69) is 12.1 Å². The van der Waals surface area contributed by atoms with Crippen LogP contribution < -0.4 is 9.47 Å². The normalized spacial score (nSPS) is 15.4. The standard InChI is InChI=1S/C27H28ClN3O3/c1-30(17-19-9-5-4-6-10-19)18-27(32)31-25(22-15-20(33-2)13-14-26(22)34-3)16-24(29-31)21-11-7-8-12-23(21)28/h4-15,25H,16-18H2,1-3H3/t25-/m0/s1. The number of amides is 1. The summed E-state index contributed by atoms with van der Waals surface area (Å²) in [5.41, 5.74) is 3.57. The van der Waals surface area contributed by atoms with Gasteiger partial charge in [-0.15, -0.1) is 0 Å². The number of ether oxygens (including phenoxy) is 2. The highest BCUT2D eigenvalue weighted by atomic mass is 35.5. The molecule has 1 heterocycles. The first-order valence-corrected chi connectivity index (χ1v) is 11.5. The second kappa shape index (κ2) is 10.7. The Morgan fingerprint density at radius 2 is 1.79 bits per heavy atom. The number of likely N-dealkylation sites (N-methyl/N-ethyl adjacent to an activating group) is 1. The molecule has 0 radical (unpaired) electrons. The summed E-state index contributed by atoms with van der Waals surface area (Å²) in [6.45, 7) is 0.881. The number of carbonyl (C=O) groups is 1. The van der Waals surface area contributed by atoms with Crippen LogP contribution in [0.15, 0.2) is 77.9 Å². The molecule has 0 bridgehead atoms. The summed E-state index contributed by atoms with van der Waals surface area (Å²) >= 11 is 6.47. The average Bonchev–Trinajstić information content (AvgIpc) is 3.29. The van der Waals surface area contributed by atoms with Gasteiger partial charge in [-0.1, -0.05) is 60.1 Å². The van der Waals surface area contributed by atoms with E-state index in [0.717, 1.165) is 22.4 Å². The van der Waals surface area contributed by atoms with Crippen LogP contribution in [0.25, 0.3) is 0 Å². The Balaban J connectivity index is 1.65. The molecule has 0 spiro atoms. The Hall–Kier alpha value is -3.35. The van der Waals surface area contributed by atoms with Crippen LogP contribution in [-0.4, -0.2) is 49.3 Å². The predicted molar refractivity (Wildman–Crippen MR) is 135 cm³/mol. The molecule has 7 heteroatoms. The maximum absolute atomic E-state index is 13.5. The van der Waals surface area contributed by atoms with Gasteiger partial charge >= 0.3 is 0 Å². The second-order valence-corrected chi connectivity index (χ2v) is 8.66. The molecule has 0 unspecified atom stereocenters. The Bertz CT molecular complexity index is 1180. The minimum Gasteiger partial charge on any atom is -0.497 e. The Labute approximate surface area is 205 Å². The van der Waals surface area contributed by atoms with Gasteiger partial charge in [0, 0.05) is 29.1 Å². The van der Waals surface area contributed by atoms with Crippen molar-refractivity contribution >= 4 is 23.2 Å². The minimum absolute atomic E-state index is 0.102. The molecule has 4 rings (SSSR count). The summed E-state index contributed by atoms with van der Waals surface area (Å²) in [6, 6.07) is 22.9. The number of benzene rings is 3. The van der Waals surface area contributed by atoms with E-state index < -0.39 is 0 Å². The van der Waals surface area contributed by atoms with Crippen molar-refractivity contribution in [3.8, 4) is 11.5 Å². The van der Waals surface area contributed by atoms with Crippen molar-refractivity contribution in [2.75, 3.05) is 27.8 Å². The first kappa shape index (κ1) is 23.8. The molecule has 1 aliphatic rings. The molecule has 176 valence electrons. The van der Waals surface area contributed by atoms with E-state index in [1.165, 1.54) is 0 Å². The zero-order valence-electron chi connectivity index (χ0n) is 19.6. The number of nitrogens with zero attached hydrogens (tertiary/aromatic N) is 3. The fourth-order valence-corrected chi connectivity index (χ4v) is 4.44. The number of methoxy groups -OCH3 is 2. The van der Waals surface area contributed by atoms with Gasteiger partial charge < -0.3 is 9.47 Å². The van der Waals surface area contributed by atoms with Crippen molar-refractivity contribution in [2.24, 2.45) is 5.10 Å². The van der Waals surface area contributed by atoms with Gasteiger partial charge in [0.2, 0.25) is 0 Å². The third-order valence-corrected chi connectivity index (χ3v) is 6.18. The molecular formula is C27H28ClN3O3. The summed E-state index contributed by atoms with van der Waals surface area (Å²) in [5, 5.41) is 6.93. The smallest absolute Gasteiger partial charge is 0.257 e. The third kappa shape index (κ3) is 5.24. The van der Waals surface area contributed by atoms with Crippen LogP contribution in [0.3, 0.4) is 0 Å². The number of hydrogen-bond acceptors (Lipinski definition) is 5. The van der Waals surface area contributed by atoms with Crippen LogP contribution in [0.4, 0.5) is 0 Å². The van der Waals surface area contributed by atoms with Crippen molar-refractivity contribution < 1.29 is 14.3 Å². The second-order valence-electron chi connectivity index (χ2n) is 8.25. The van der Waals surface area contributed by atoms with Crippen molar-refractivity contribution in [3.05, 3.63) is 94.5 Å². The lowest BCUT2D eigenvalue weighted by Gasteiger charge is -2.26. The van der Waals surface area contributed by atoms with Crippen molar-refractivity contribution in [1.29, 1.82) is 0 Å². The third-order valence-electron chi connectivity index (χ3n) is 5.85. The quantitative estimate of drug-likeness (QED) is 0.449. The van der Waals surface area contributed by atoms with E-state index in [0.29, 0.717) is 29.5 Å². The molecule has 6 nitrogen and oxygen atoms in total. The van der Waals surface area contributed by atoms with Crippen LogP contribution in [-0.2, 0) is 11.3 Å². The number of halogens is 1. The van der Waals surface area contributed by atoms with E-state index in [9.17, 15) is 4.79 Å². The number of carbonyl (C=O) groups excluding carboxylic acids is 1. The summed E-state index contributed by atoms with van der Waals surface area (Å²) < 4.78 is 11.1. The Morgan fingerprint density at radius 1 is 1.06 bits per heavy atom. The topological polar surface area (TPSA) is 54.4 Å². The molecule has 3 aromatic carbocycles. The number of rotatable bonds is 8. The Morgan fingerprint density at radius 3 is 2.50 bits per heavy atom. The molecular weight excluding hydrogens is 450 g/mol. The van der Waals surface area contributed by atoms with Gasteiger partial charge in [-0.05, 0) is 36.9 Å². The van der Waals surface area contributed by atoms with Crippen LogP contribution in [0.5, 0.6) is 11.5 Å². The van der Waals surface area contributed by atoms with E-state index in [1.54, 1.807) is 19.2 Å². The lowest BCUT2D eigenvalue weighted by molar-refractivity contribution is -0.134. The monoisotopic (exact) mass is 477 g/mol. The van der Waals surface area contributed by atoms with Crippen molar-refractivity contribution in [2.45, 2.75) is 19.0 Å². The molecule has 1 aliphatic heterocycles. The van der Waals surface area contributed by atoms with Gasteiger partial charge in [0.1, 0.15) is 11.5 Å². The molecule has 0 saturated heterocycles. The van der Waals surface area contributed by atoms with Crippen LogP contribution in [0, 0.1) is 0 Å². The van der Waals surface area contributed by atoms with Gasteiger partial charge in [-0.2, -0.15) is 5.10 Å². The summed E-state index contributed by atoms with van der Waals surface area (Å²) in [4.78, 5) is 15.5. The van der Waals surface area contributed by atoms with E-state index >= 15 is 0 Å². The maximum Gasteiger partial charge on any atom is 0.257 e. The zero-order valence-corrected chi connectivity index (χ0v) is 20.3. The molecule has 0 fully saturated rings. The van der Waals surface area contributed by atoms with Gasteiger partial charge in [-0.3, -0.25) is 9.69 Å². The van der Waals surface area contributed by atoms with Gasteiger partial charge in [0.05, 0.1) is 32.5 Å². The molecule has 0 N–H and O–H groups in total. The van der Waals surface area contributed by atoms with Crippen LogP contribution >= 0.6 is 11.6 Å². The zero-order chi connectivity index (χ0) is 24.1. The highest BCUT2D eigenvalue weighted by Crippen LogP contribution is 2.40. The first-order valence-electron chi connectivity index (χ1n) is 11.1. The fourth-order valence-electron chi connectivity index (χ4n) is 4.19. The lowest BCUT2D eigenvalue weighted by Crippen LogP contribution is -2.36. The lowest BCUT2D eigenvalue weighted by atomic mass is 9.97. The molecule has 0 saturated carbocycles. The van der Waals surface area contributed by atoms with Gasteiger partial charge in [0.25, 0.3) is 5.91 Å². The number of hydrogen-bond donors (Lipinski definition) is 0. The molecule has 3 aromatic rings. The molecule has 0 aromatic heterocycles. The minimum atomic E-state index is -0.339. The van der Waals surface area contributed by atoms with E-state index in [-0.39, 0.29) is 18.5 Å². The van der Waals surface area contributed by atoms with Gasteiger partial charge in [-0.25, -0.2) is 5.01 Å². The van der Waals surface area contributed by atoms with Gasteiger partial charge in [0.15, 0.2) is 0 Å². The average molecular weight is 478 g/mol. The Kier molecular flexibility index (Phi) is 7.50. The molecule has 34 heavy (non-hydrogen) atoms. The van der Waals surface area contributed by atoms with Crippen LogP contribution in [0.1, 0.15) is 29.2 Å². The highest BCUT2D eigenvalue weighted by Gasteiger charge is 2.35. The summed E-state index contributed by atoms with van der Waals surface area (Å²) in [7, 11) is 5.17. The first-order chi connectivity index (χ1) is 16.5. The largest absolute Gasteiger partial charge is 0.497 e. The van der Waals surface area contributed by atoms with Crippen LogP contribution in [0.2, 0.25) is 5.02 Å². The molecule has 0 aliphatic carbocycles. The molecule has 1 amide bonds. The maximum atomic E-state index is 13.5. The highest BCUT2D eigenvalue weighted by molar-refractivity contribution is 6.34. The van der Waals surface area contributed by atoms with Crippen molar-refractivity contribution in [3.63, 3.8) is 0 Å². The van der Waals surface area contributed by atoms with E-state index in [1.807, 2.05) is 72.6 Å². The SMILES string of the molecule is COc1ccc(OC)c([C@@H]2CC(c3ccccc3Cl)=NN2C(=O)CN(C)Cc2ccccc2)c1. The number of hydrazone groups is 1. The predicted octanol–water partition coefficient (Wildman–Crippen LogP) is 5.17. The summed E-state index contributed by atoms with van der Waals surface area (Å²) in [6.07, 6.45) is 0.515. The van der Waals surface area contributed by atoms with Crippen molar-refractivity contribution in [1.82, 2.24) is 9.91 Å². The summed E-state index contributed by atoms with van der Waals surface area (Å²) in [5.74, 6) is 1.27.